The van der Waals surface area contributed by atoms with Gasteiger partial charge in [-0.15, -0.1) is 0 Å². The van der Waals surface area contributed by atoms with Crippen molar-refractivity contribution >= 4 is 5.91 Å². The minimum atomic E-state index is 0.195. The average Bonchev–Trinajstić information content (AvgIpc) is 2.82. The third-order valence-corrected chi connectivity index (χ3v) is 5.56. The first-order valence-corrected chi connectivity index (χ1v) is 9.28. The van der Waals surface area contributed by atoms with Crippen LogP contribution in [0.15, 0.2) is 24.3 Å². The van der Waals surface area contributed by atoms with Crippen LogP contribution in [0, 0.1) is 17.2 Å². The second-order valence-corrected chi connectivity index (χ2v) is 7.45. The maximum Gasteiger partial charge on any atom is 0.219 e. The highest BCUT2D eigenvalue weighted by molar-refractivity contribution is 5.73. The second-order valence-electron chi connectivity index (χ2n) is 7.45. The lowest BCUT2D eigenvalue weighted by atomic mass is 10.0. The Labute approximate surface area is 150 Å². The molecule has 5 heteroatoms. The van der Waals surface area contributed by atoms with Gasteiger partial charge < -0.3 is 4.90 Å². The lowest BCUT2D eigenvalue weighted by Gasteiger charge is -2.30. The van der Waals surface area contributed by atoms with Crippen LogP contribution in [0.1, 0.15) is 31.4 Å². The van der Waals surface area contributed by atoms with Crippen LogP contribution < -0.4 is 0 Å². The van der Waals surface area contributed by atoms with E-state index in [1.165, 1.54) is 5.56 Å². The fourth-order valence-corrected chi connectivity index (χ4v) is 4.23. The zero-order valence-corrected chi connectivity index (χ0v) is 15.3. The molecule has 0 aromatic heterocycles. The summed E-state index contributed by atoms with van der Waals surface area (Å²) < 4.78 is 0. The second kappa shape index (κ2) is 7.99. The normalized spacial score (nSPS) is 25.6. The van der Waals surface area contributed by atoms with Crippen LogP contribution in [0.2, 0.25) is 0 Å². The Morgan fingerprint density at radius 1 is 1.24 bits per heavy atom. The maximum absolute atomic E-state index is 11.6. The Balaban J connectivity index is 1.59. The highest BCUT2D eigenvalue weighted by Crippen LogP contribution is 2.24. The van der Waals surface area contributed by atoms with E-state index in [1.807, 2.05) is 23.1 Å². The van der Waals surface area contributed by atoms with Crippen molar-refractivity contribution in [1.82, 2.24) is 14.7 Å². The van der Waals surface area contributed by atoms with E-state index in [1.54, 1.807) is 6.92 Å². The smallest absolute Gasteiger partial charge is 0.219 e. The topological polar surface area (TPSA) is 50.6 Å². The molecule has 25 heavy (non-hydrogen) atoms. The summed E-state index contributed by atoms with van der Waals surface area (Å²) in [5.41, 5.74) is 1.95. The number of hydrogen-bond acceptors (Lipinski definition) is 4. The molecule has 0 unspecified atom stereocenters. The molecule has 2 atom stereocenters. The standard InChI is InChI=1S/C20H28N4O/c1-16-13-22(14-19-6-3-5-18(11-19)12-21)15-20(16)24-8-4-7-23(9-10-24)17(2)25/h3,5-6,11,16,20H,4,7-10,13-15H2,1-2H3/t16-,20+/m1/s1. The molecule has 3 rings (SSSR count). The number of amides is 1. The molecular weight excluding hydrogens is 312 g/mol. The van der Waals surface area contributed by atoms with Crippen molar-refractivity contribution in [2.45, 2.75) is 32.9 Å². The van der Waals surface area contributed by atoms with Crippen molar-refractivity contribution in [3.63, 3.8) is 0 Å². The quantitative estimate of drug-likeness (QED) is 0.844. The summed E-state index contributed by atoms with van der Waals surface area (Å²) >= 11 is 0. The van der Waals surface area contributed by atoms with Gasteiger partial charge in [-0.1, -0.05) is 19.1 Å². The van der Waals surface area contributed by atoms with Gasteiger partial charge in [0.15, 0.2) is 0 Å². The van der Waals surface area contributed by atoms with Gasteiger partial charge in [-0.3, -0.25) is 14.6 Å². The maximum atomic E-state index is 11.6. The van der Waals surface area contributed by atoms with E-state index in [2.05, 4.69) is 28.9 Å². The molecule has 1 amide bonds. The molecule has 2 aliphatic rings. The Morgan fingerprint density at radius 2 is 2.08 bits per heavy atom. The molecule has 1 aromatic carbocycles. The largest absolute Gasteiger partial charge is 0.342 e. The molecule has 0 spiro atoms. The van der Waals surface area contributed by atoms with Crippen LogP contribution in [-0.2, 0) is 11.3 Å². The fourth-order valence-electron chi connectivity index (χ4n) is 4.23. The van der Waals surface area contributed by atoms with Crippen molar-refractivity contribution < 1.29 is 4.79 Å². The van der Waals surface area contributed by atoms with E-state index >= 15 is 0 Å². The van der Waals surface area contributed by atoms with Crippen LogP contribution in [0.25, 0.3) is 0 Å². The number of hydrogen-bond donors (Lipinski definition) is 0. The number of benzene rings is 1. The highest BCUT2D eigenvalue weighted by atomic mass is 16.2. The van der Waals surface area contributed by atoms with Crippen molar-refractivity contribution in [2.24, 2.45) is 5.92 Å². The Kier molecular flexibility index (Phi) is 5.72. The summed E-state index contributed by atoms with van der Waals surface area (Å²) in [6.07, 6.45) is 1.06. The number of rotatable bonds is 3. The third kappa shape index (κ3) is 4.39. The van der Waals surface area contributed by atoms with Gasteiger partial charge in [0.05, 0.1) is 11.6 Å². The van der Waals surface area contributed by atoms with E-state index in [0.29, 0.717) is 12.0 Å². The van der Waals surface area contributed by atoms with Crippen LogP contribution in [0.4, 0.5) is 0 Å². The van der Waals surface area contributed by atoms with Crippen molar-refractivity contribution in [1.29, 1.82) is 5.26 Å². The first-order chi connectivity index (χ1) is 12.1. The van der Waals surface area contributed by atoms with E-state index in [4.69, 9.17) is 5.26 Å². The molecule has 0 radical (unpaired) electrons. The lowest BCUT2D eigenvalue weighted by molar-refractivity contribution is -0.128. The van der Waals surface area contributed by atoms with Crippen LogP contribution in [0.5, 0.6) is 0 Å². The van der Waals surface area contributed by atoms with Crippen molar-refractivity contribution in [3.05, 3.63) is 35.4 Å². The molecule has 0 N–H and O–H groups in total. The first-order valence-electron chi connectivity index (χ1n) is 9.28. The monoisotopic (exact) mass is 340 g/mol. The number of likely N-dealkylation sites (tertiary alicyclic amines) is 1. The van der Waals surface area contributed by atoms with Crippen molar-refractivity contribution in [3.8, 4) is 6.07 Å². The molecular formula is C20H28N4O. The molecule has 2 saturated heterocycles. The van der Waals surface area contributed by atoms with E-state index in [9.17, 15) is 4.79 Å². The summed E-state index contributed by atoms with van der Waals surface area (Å²) in [6, 6.07) is 10.7. The molecule has 134 valence electrons. The summed E-state index contributed by atoms with van der Waals surface area (Å²) in [7, 11) is 0. The first kappa shape index (κ1) is 17.9. The number of carbonyl (C=O) groups is 1. The molecule has 2 fully saturated rings. The van der Waals surface area contributed by atoms with E-state index in [-0.39, 0.29) is 5.91 Å². The number of carbonyl (C=O) groups excluding carboxylic acids is 1. The van der Waals surface area contributed by atoms with E-state index in [0.717, 1.165) is 57.8 Å². The van der Waals surface area contributed by atoms with Gasteiger partial charge in [0, 0.05) is 58.8 Å². The van der Waals surface area contributed by atoms with Crippen molar-refractivity contribution in [2.75, 3.05) is 39.3 Å². The van der Waals surface area contributed by atoms with Gasteiger partial charge in [-0.25, -0.2) is 0 Å². The molecule has 1 aromatic rings. The minimum absolute atomic E-state index is 0.195. The minimum Gasteiger partial charge on any atom is -0.342 e. The van der Waals surface area contributed by atoms with Gasteiger partial charge in [0.1, 0.15) is 0 Å². The number of nitriles is 1. The predicted octanol–water partition coefficient (Wildman–Crippen LogP) is 1.93. The van der Waals surface area contributed by atoms with Crippen LogP contribution in [0.3, 0.4) is 0 Å². The Morgan fingerprint density at radius 3 is 2.84 bits per heavy atom. The number of nitrogens with zero attached hydrogens (tertiary/aromatic N) is 4. The molecule has 2 heterocycles. The average molecular weight is 340 g/mol. The van der Waals surface area contributed by atoms with Crippen LogP contribution >= 0.6 is 0 Å². The summed E-state index contributed by atoms with van der Waals surface area (Å²) in [5.74, 6) is 0.823. The Hall–Kier alpha value is -1.90. The zero-order valence-electron chi connectivity index (χ0n) is 15.3. The van der Waals surface area contributed by atoms with Gasteiger partial charge in [-0.2, -0.15) is 5.26 Å². The SMILES string of the molecule is CC(=O)N1CCCN([C@H]2CN(Cc3cccc(C#N)c3)C[C@H]2C)CC1. The van der Waals surface area contributed by atoms with Gasteiger partial charge >= 0.3 is 0 Å². The lowest BCUT2D eigenvalue weighted by Crippen LogP contribution is -2.42. The Bertz CT molecular complexity index is 653. The van der Waals surface area contributed by atoms with Gasteiger partial charge in [-0.05, 0) is 30.0 Å². The van der Waals surface area contributed by atoms with Gasteiger partial charge in [0.25, 0.3) is 0 Å². The predicted molar refractivity (Wildman–Crippen MR) is 97.8 cm³/mol. The summed E-state index contributed by atoms with van der Waals surface area (Å²) in [4.78, 5) is 18.7. The summed E-state index contributed by atoms with van der Waals surface area (Å²) in [6.45, 7) is 10.9. The molecule has 0 saturated carbocycles. The fraction of sp³-hybridized carbons (Fsp3) is 0.600. The zero-order chi connectivity index (χ0) is 17.8. The molecule has 0 aliphatic carbocycles. The third-order valence-electron chi connectivity index (χ3n) is 5.56. The highest BCUT2D eigenvalue weighted by Gasteiger charge is 2.34. The van der Waals surface area contributed by atoms with Crippen LogP contribution in [-0.4, -0.2) is 65.9 Å². The molecule has 0 bridgehead atoms. The molecule has 2 aliphatic heterocycles. The molecule has 5 nitrogen and oxygen atoms in total. The van der Waals surface area contributed by atoms with Gasteiger partial charge in [0.2, 0.25) is 5.91 Å². The summed E-state index contributed by atoms with van der Waals surface area (Å²) in [5, 5.41) is 9.07. The van der Waals surface area contributed by atoms with E-state index < -0.39 is 0 Å².